The summed E-state index contributed by atoms with van der Waals surface area (Å²) in [6.45, 7) is 7.30. The minimum absolute atomic E-state index is 0.323. The van der Waals surface area contributed by atoms with Crippen LogP contribution in [0, 0.1) is 0 Å². The number of benzene rings is 1. The first kappa shape index (κ1) is 15.1. The molecule has 0 aromatic heterocycles. The van der Waals surface area contributed by atoms with Crippen molar-refractivity contribution in [2.75, 3.05) is 13.1 Å². The Bertz CT molecular complexity index is 454. The van der Waals surface area contributed by atoms with Crippen LogP contribution in [0.5, 0.6) is 0 Å². The van der Waals surface area contributed by atoms with Crippen LogP contribution in [-0.4, -0.2) is 27.5 Å². The van der Waals surface area contributed by atoms with Crippen molar-refractivity contribution in [3.63, 3.8) is 0 Å². The fourth-order valence-electron chi connectivity index (χ4n) is 1.85. The van der Waals surface area contributed by atoms with Gasteiger partial charge in [-0.2, -0.15) is 0 Å². The van der Waals surface area contributed by atoms with Crippen LogP contribution in [-0.2, 0) is 16.4 Å². The Morgan fingerprint density at radius 1 is 1.11 bits per heavy atom. The molecule has 1 unspecified atom stereocenters. The third-order valence-electron chi connectivity index (χ3n) is 2.66. The normalized spacial score (nSPS) is 13.5. The molecule has 0 amide bonds. The van der Waals surface area contributed by atoms with Crippen LogP contribution in [0.2, 0.25) is 0 Å². The lowest BCUT2D eigenvalue weighted by atomic mass is 10.1. The third-order valence-corrected chi connectivity index (χ3v) is 4.22. The molecule has 0 radical (unpaired) electrons. The predicted octanol–water partition coefficient (Wildman–Crippen LogP) is 1.53. The van der Waals surface area contributed by atoms with Gasteiger partial charge in [0.25, 0.3) is 0 Å². The van der Waals surface area contributed by atoms with E-state index >= 15 is 0 Å². The molecular weight excluding hydrogens is 248 g/mol. The molecule has 0 aliphatic rings. The zero-order valence-corrected chi connectivity index (χ0v) is 12.0. The topological polar surface area (TPSA) is 58.2 Å². The molecule has 18 heavy (non-hydrogen) atoms. The van der Waals surface area contributed by atoms with Gasteiger partial charge in [0.1, 0.15) is 0 Å². The molecule has 102 valence electrons. The quantitative estimate of drug-likeness (QED) is 0.790. The summed E-state index contributed by atoms with van der Waals surface area (Å²) in [6.07, 6.45) is 0.898. The molecule has 1 aromatic rings. The zero-order valence-electron chi connectivity index (χ0n) is 11.2. The van der Waals surface area contributed by atoms with E-state index in [1.165, 1.54) is 0 Å². The first-order valence-corrected chi connectivity index (χ1v) is 7.80. The van der Waals surface area contributed by atoms with E-state index in [-0.39, 0.29) is 0 Å². The first-order valence-electron chi connectivity index (χ1n) is 6.31. The molecule has 0 fully saturated rings. The van der Waals surface area contributed by atoms with Crippen LogP contribution in [0.25, 0.3) is 0 Å². The minimum atomic E-state index is -3.33. The Morgan fingerprint density at radius 2 is 1.72 bits per heavy atom. The van der Waals surface area contributed by atoms with Crippen molar-refractivity contribution in [2.45, 2.75) is 38.1 Å². The van der Waals surface area contributed by atoms with Gasteiger partial charge in [0, 0.05) is 12.6 Å². The third kappa shape index (κ3) is 4.40. The standard InChI is InChI=1S/C13H22N2O2S/c1-4-14-11(3)10-12-6-8-13(9-7-12)18(16,17)15-5-2/h6-9,11,14-15H,4-5,10H2,1-3H3. The largest absolute Gasteiger partial charge is 0.314 e. The van der Waals surface area contributed by atoms with Crippen LogP contribution < -0.4 is 10.0 Å². The molecule has 0 bridgehead atoms. The van der Waals surface area contributed by atoms with Crippen molar-refractivity contribution in [3.05, 3.63) is 29.8 Å². The molecule has 0 aliphatic carbocycles. The number of hydrogen-bond acceptors (Lipinski definition) is 3. The SMILES string of the molecule is CCNC(C)Cc1ccc(S(=O)(=O)NCC)cc1. The predicted molar refractivity (Wildman–Crippen MR) is 74.1 cm³/mol. The summed E-state index contributed by atoms with van der Waals surface area (Å²) in [6, 6.07) is 7.46. The molecule has 0 spiro atoms. The molecule has 4 nitrogen and oxygen atoms in total. The highest BCUT2D eigenvalue weighted by molar-refractivity contribution is 7.89. The molecular formula is C13H22N2O2S. The van der Waals surface area contributed by atoms with E-state index < -0.39 is 10.0 Å². The van der Waals surface area contributed by atoms with Gasteiger partial charge in [0.2, 0.25) is 10.0 Å². The van der Waals surface area contributed by atoms with Gasteiger partial charge in [-0.1, -0.05) is 26.0 Å². The van der Waals surface area contributed by atoms with Crippen LogP contribution in [0.4, 0.5) is 0 Å². The van der Waals surface area contributed by atoms with Gasteiger partial charge >= 0.3 is 0 Å². The van der Waals surface area contributed by atoms with E-state index in [4.69, 9.17) is 0 Å². The Balaban J connectivity index is 2.74. The molecule has 0 heterocycles. The van der Waals surface area contributed by atoms with Crippen LogP contribution in [0.15, 0.2) is 29.2 Å². The van der Waals surface area contributed by atoms with Crippen molar-refractivity contribution in [1.82, 2.24) is 10.0 Å². The van der Waals surface area contributed by atoms with Crippen molar-refractivity contribution < 1.29 is 8.42 Å². The van der Waals surface area contributed by atoms with E-state index in [0.29, 0.717) is 17.5 Å². The molecule has 0 saturated heterocycles. The van der Waals surface area contributed by atoms with Crippen LogP contribution in [0.3, 0.4) is 0 Å². The fraction of sp³-hybridized carbons (Fsp3) is 0.538. The van der Waals surface area contributed by atoms with E-state index in [1.807, 2.05) is 12.1 Å². The van der Waals surface area contributed by atoms with Gasteiger partial charge in [-0.3, -0.25) is 0 Å². The monoisotopic (exact) mass is 270 g/mol. The van der Waals surface area contributed by atoms with Gasteiger partial charge in [-0.05, 0) is 37.6 Å². The van der Waals surface area contributed by atoms with Gasteiger partial charge in [-0.15, -0.1) is 0 Å². The first-order chi connectivity index (χ1) is 8.49. The molecule has 5 heteroatoms. The summed E-state index contributed by atoms with van der Waals surface area (Å²) in [5, 5.41) is 3.33. The number of sulfonamides is 1. The highest BCUT2D eigenvalue weighted by atomic mass is 32.2. The minimum Gasteiger partial charge on any atom is -0.314 e. The molecule has 0 aliphatic heterocycles. The second kappa shape index (κ2) is 6.87. The maximum atomic E-state index is 11.7. The van der Waals surface area contributed by atoms with Gasteiger partial charge < -0.3 is 5.32 Å². The number of likely N-dealkylation sites (N-methyl/N-ethyl adjacent to an activating group) is 1. The van der Waals surface area contributed by atoms with E-state index in [1.54, 1.807) is 19.1 Å². The summed E-state index contributed by atoms with van der Waals surface area (Å²) in [4.78, 5) is 0.323. The Kier molecular flexibility index (Phi) is 5.78. The average Bonchev–Trinajstić information content (AvgIpc) is 2.30. The van der Waals surface area contributed by atoms with Crippen LogP contribution >= 0.6 is 0 Å². The molecule has 1 atom stereocenters. The summed E-state index contributed by atoms with van der Waals surface area (Å²) < 4.78 is 26.0. The summed E-state index contributed by atoms with van der Waals surface area (Å²) >= 11 is 0. The van der Waals surface area contributed by atoms with Gasteiger partial charge in [-0.25, -0.2) is 13.1 Å². The highest BCUT2D eigenvalue weighted by Crippen LogP contribution is 2.11. The van der Waals surface area contributed by atoms with Crippen LogP contribution in [0.1, 0.15) is 26.3 Å². The molecule has 2 N–H and O–H groups in total. The molecule has 0 saturated carbocycles. The van der Waals surface area contributed by atoms with E-state index in [2.05, 4.69) is 23.9 Å². The second-order valence-corrected chi connectivity index (χ2v) is 6.08. The lowest BCUT2D eigenvalue weighted by Gasteiger charge is -2.12. The maximum Gasteiger partial charge on any atom is 0.240 e. The van der Waals surface area contributed by atoms with Crippen molar-refractivity contribution >= 4 is 10.0 Å². The van der Waals surface area contributed by atoms with Crippen molar-refractivity contribution in [2.24, 2.45) is 0 Å². The van der Waals surface area contributed by atoms with Crippen molar-refractivity contribution in [3.8, 4) is 0 Å². The maximum absolute atomic E-state index is 11.7. The summed E-state index contributed by atoms with van der Waals surface area (Å²) in [5.41, 5.74) is 1.14. The Morgan fingerprint density at radius 3 is 2.22 bits per heavy atom. The lowest BCUT2D eigenvalue weighted by molar-refractivity contribution is 0.565. The van der Waals surface area contributed by atoms with Crippen molar-refractivity contribution in [1.29, 1.82) is 0 Å². The average molecular weight is 270 g/mol. The zero-order chi connectivity index (χ0) is 13.6. The summed E-state index contributed by atoms with van der Waals surface area (Å²) in [7, 11) is -3.33. The Labute approximate surface area is 110 Å². The number of nitrogens with one attached hydrogen (secondary N) is 2. The van der Waals surface area contributed by atoms with Gasteiger partial charge in [0.15, 0.2) is 0 Å². The number of hydrogen-bond donors (Lipinski definition) is 2. The lowest BCUT2D eigenvalue weighted by Crippen LogP contribution is -2.27. The summed E-state index contributed by atoms with van der Waals surface area (Å²) in [5.74, 6) is 0. The highest BCUT2D eigenvalue weighted by Gasteiger charge is 2.12. The fourth-order valence-corrected chi connectivity index (χ4v) is 2.89. The molecule has 1 rings (SSSR count). The Hall–Kier alpha value is -0.910. The number of rotatable bonds is 7. The molecule has 1 aromatic carbocycles. The smallest absolute Gasteiger partial charge is 0.240 e. The second-order valence-electron chi connectivity index (χ2n) is 4.31. The van der Waals surface area contributed by atoms with E-state index in [0.717, 1.165) is 18.5 Å². The van der Waals surface area contributed by atoms with Gasteiger partial charge in [0.05, 0.1) is 4.90 Å². The van der Waals surface area contributed by atoms with E-state index in [9.17, 15) is 8.42 Å².